The number of nitrogens with zero attached hydrogens (tertiary/aromatic N) is 2. The van der Waals surface area contributed by atoms with Crippen LogP contribution in [0.4, 0.5) is 5.69 Å². The predicted octanol–water partition coefficient (Wildman–Crippen LogP) is 4.26. The van der Waals surface area contributed by atoms with Gasteiger partial charge in [0.15, 0.2) is 0 Å². The lowest BCUT2D eigenvalue weighted by Gasteiger charge is -2.40. The third kappa shape index (κ3) is 5.02. The quantitative estimate of drug-likeness (QED) is 0.501. The fraction of sp³-hybridized carbons (Fsp3) is 0.240. The van der Waals surface area contributed by atoms with E-state index in [4.69, 9.17) is 26.8 Å². The zero-order valence-corrected chi connectivity index (χ0v) is 19.1. The first-order valence-electron chi connectivity index (χ1n) is 10.5. The summed E-state index contributed by atoms with van der Waals surface area (Å²) >= 11 is 6.06. The van der Waals surface area contributed by atoms with Crippen molar-refractivity contribution in [2.75, 3.05) is 18.1 Å². The van der Waals surface area contributed by atoms with E-state index in [1.807, 2.05) is 6.07 Å². The molecule has 2 aromatic rings. The maximum absolute atomic E-state index is 13.3. The minimum atomic E-state index is -1.03. The summed E-state index contributed by atoms with van der Waals surface area (Å²) in [7, 11) is 0. The number of para-hydroxylation sites is 1. The van der Waals surface area contributed by atoms with E-state index in [-0.39, 0.29) is 30.3 Å². The predicted molar refractivity (Wildman–Crippen MR) is 125 cm³/mol. The Morgan fingerprint density at radius 2 is 1.73 bits per heavy atom. The Labute approximate surface area is 197 Å². The summed E-state index contributed by atoms with van der Waals surface area (Å²) in [5.74, 6) is -2.93. The molecule has 0 bridgehead atoms. The van der Waals surface area contributed by atoms with Gasteiger partial charge in [-0.1, -0.05) is 41.9 Å². The second kappa shape index (κ2) is 10.7. The van der Waals surface area contributed by atoms with Crippen LogP contribution in [0.3, 0.4) is 0 Å². The molecular weight excluding hydrogens is 442 g/mol. The van der Waals surface area contributed by atoms with Crippen LogP contribution in [0.1, 0.15) is 25.3 Å². The molecule has 7 nitrogen and oxygen atoms in total. The average Bonchev–Trinajstić information content (AvgIpc) is 2.80. The van der Waals surface area contributed by atoms with Gasteiger partial charge < -0.3 is 15.2 Å². The van der Waals surface area contributed by atoms with Crippen molar-refractivity contribution in [3.8, 4) is 6.07 Å². The summed E-state index contributed by atoms with van der Waals surface area (Å²) in [6.45, 7) is 3.67. The van der Waals surface area contributed by atoms with Crippen LogP contribution in [-0.2, 0) is 19.1 Å². The molecule has 0 spiro atoms. The molecule has 1 aliphatic heterocycles. The number of hydrogen-bond donors (Lipinski definition) is 1. The van der Waals surface area contributed by atoms with Crippen molar-refractivity contribution in [1.29, 1.82) is 5.26 Å². The van der Waals surface area contributed by atoms with E-state index in [1.165, 1.54) is 11.0 Å². The highest BCUT2D eigenvalue weighted by atomic mass is 35.5. The van der Waals surface area contributed by atoms with Gasteiger partial charge in [0.05, 0.1) is 24.9 Å². The largest absolute Gasteiger partial charge is 0.465 e. The van der Waals surface area contributed by atoms with Crippen molar-refractivity contribution >= 4 is 29.2 Å². The van der Waals surface area contributed by atoms with Gasteiger partial charge in [-0.3, -0.25) is 9.69 Å². The number of halogens is 1. The average molecular weight is 466 g/mol. The SMILES string of the molecule is CCOC(=O)/C=C1\[C@H](C(=O)OCC)[C@@H](c2ccc(Cl)cc2)C(C#N)=C(N)N1c1ccccc1. The second-order valence-corrected chi connectivity index (χ2v) is 7.60. The minimum absolute atomic E-state index is 0.111. The fourth-order valence-corrected chi connectivity index (χ4v) is 3.99. The first-order valence-corrected chi connectivity index (χ1v) is 10.9. The molecule has 0 saturated carbocycles. The summed E-state index contributed by atoms with van der Waals surface area (Å²) < 4.78 is 10.5. The van der Waals surface area contributed by atoms with Crippen LogP contribution in [0.15, 0.2) is 77.8 Å². The summed E-state index contributed by atoms with van der Waals surface area (Å²) in [5, 5.41) is 10.6. The van der Waals surface area contributed by atoms with Gasteiger partial charge in [0, 0.05) is 28.4 Å². The molecule has 0 radical (unpaired) electrons. The number of benzene rings is 2. The van der Waals surface area contributed by atoms with Crippen LogP contribution < -0.4 is 10.6 Å². The van der Waals surface area contributed by atoms with Crippen molar-refractivity contribution in [1.82, 2.24) is 0 Å². The molecule has 0 amide bonds. The fourth-order valence-electron chi connectivity index (χ4n) is 3.86. The molecule has 2 N–H and O–H groups in total. The number of nitriles is 1. The van der Waals surface area contributed by atoms with E-state index in [1.54, 1.807) is 62.4 Å². The molecule has 8 heteroatoms. The van der Waals surface area contributed by atoms with Crippen LogP contribution in [0, 0.1) is 17.2 Å². The van der Waals surface area contributed by atoms with Crippen LogP contribution >= 0.6 is 11.6 Å². The van der Waals surface area contributed by atoms with Crippen molar-refractivity contribution in [2.24, 2.45) is 11.7 Å². The van der Waals surface area contributed by atoms with Gasteiger partial charge in [0.2, 0.25) is 0 Å². The Morgan fingerprint density at radius 3 is 2.30 bits per heavy atom. The Balaban J connectivity index is 2.34. The Kier molecular flexibility index (Phi) is 7.75. The van der Waals surface area contributed by atoms with E-state index in [0.717, 1.165) is 0 Å². The number of rotatable bonds is 6. The third-order valence-corrected chi connectivity index (χ3v) is 5.45. The van der Waals surface area contributed by atoms with Gasteiger partial charge >= 0.3 is 11.9 Å². The Hall–Kier alpha value is -3.76. The summed E-state index contributed by atoms with van der Waals surface area (Å²) in [6.07, 6.45) is 1.24. The highest BCUT2D eigenvalue weighted by Crippen LogP contribution is 2.46. The van der Waals surface area contributed by atoms with Crippen molar-refractivity contribution < 1.29 is 19.1 Å². The molecule has 3 rings (SSSR count). The van der Waals surface area contributed by atoms with Crippen LogP contribution in [0.5, 0.6) is 0 Å². The number of esters is 2. The topological polar surface area (TPSA) is 106 Å². The zero-order chi connectivity index (χ0) is 24.0. The van der Waals surface area contributed by atoms with Gasteiger partial charge in [0.25, 0.3) is 0 Å². The van der Waals surface area contributed by atoms with Crippen molar-refractivity contribution in [3.63, 3.8) is 0 Å². The highest BCUT2D eigenvalue weighted by Gasteiger charge is 2.45. The van der Waals surface area contributed by atoms with Gasteiger partial charge in [-0.25, -0.2) is 4.79 Å². The number of anilines is 1. The number of hydrogen-bond acceptors (Lipinski definition) is 7. The normalized spacial score (nSPS) is 19.2. The molecule has 2 aromatic carbocycles. The smallest absolute Gasteiger partial charge is 0.332 e. The third-order valence-electron chi connectivity index (χ3n) is 5.19. The van der Waals surface area contributed by atoms with E-state index >= 15 is 0 Å². The zero-order valence-electron chi connectivity index (χ0n) is 18.3. The van der Waals surface area contributed by atoms with Gasteiger partial charge in [-0.2, -0.15) is 5.26 Å². The molecule has 0 aromatic heterocycles. The molecule has 1 heterocycles. The number of carbonyl (C=O) groups excluding carboxylic acids is 2. The molecule has 33 heavy (non-hydrogen) atoms. The van der Waals surface area contributed by atoms with Crippen molar-refractivity contribution in [2.45, 2.75) is 19.8 Å². The Bertz CT molecular complexity index is 1120. The van der Waals surface area contributed by atoms with E-state index < -0.39 is 23.8 Å². The molecule has 0 aliphatic carbocycles. The van der Waals surface area contributed by atoms with Crippen molar-refractivity contribution in [3.05, 3.63) is 88.4 Å². The molecule has 0 fully saturated rings. The lowest BCUT2D eigenvalue weighted by atomic mass is 9.75. The monoisotopic (exact) mass is 465 g/mol. The molecule has 0 saturated heterocycles. The first-order chi connectivity index (χ1) is 15.9. The number of allylic oxidation sites excluding steroid dienone is 1. The molecule has 170 valence electrons. The van der Waals surface area contributed by atoms with Crippen LogP contribution in [0.2, 0.25) is 5.02 Å². The van der Waals surface area contributed by atoms with E-state index in [0.29, 0.717) is 16.3 Å². The number of nitrogens with two attached hydrogens (primary N) is 1. The lowest BCUT2D eigenvalue weighted by molar-refractivity contribution is -0.147. The van der Waals surface area contributed by atoms with E-state index in [9.17, 15) is 14.9 Å². The van der Waals surface area contributed by atoms with Gasteiger partial charge in [-0.15, -0.1) is 0 Å². The summed E-state index contributed by atoms with van der Waals surface area (Å²) in [4.78, 5) is 27.4. The van der Waals surface area contributed by atoms with Crippen LogP contribution in [-0.4, -0.2) is 25.2 Å². The Morgan fingerprint density at radius 1 is 1.09 bits per heavy atom. The molecule has 0 unspecified atom stereocenters. The number of carbonyl (C=O) groups is 2. The maximum atomic E-state index is 13.3. The summed E-state index contributed by atoms with van der Waals surface area (Å²) in [6, 6.07) is 17.9. The molecule has 1 aliphatic rings. The molecule has 2 atom stereocenters. The van der Waals surface area contributed by atoms with Crippen LogP contribution in [0.25, 0.3) is 0 Å². The minimum Gasteiger partial charge on any atom is -0.465 e. The highest BCUT2D eigenvalue weighted by molar-refractivity contribution is 6.30. The lowest BCUT2D eigenvalue weighted by Crippen LogP contribution is -2.43. The molecular formula is C25H24ClN3O4. The van der Waals surface area contributed by atoms with Gasteiger partial charge in [-0.05, 0) is 43.7 Å². The first kappa shape index (κ1) is 23.9. The summed E-state index contributed by atoms with van der Waals surface area (Å²) in [5.41, 5.74) is 8.18. The van der Waals surface area contributed by atoms with Gasteiger partial charge in [0.1, 0.15) is 11.7 Å². The second-order valence-electron chi connectivity index (χ2n) is 7.16. The number of ether oxygens (including phenoxy) is 2. The standard InChI is InChI=1S/C25H24ClN3O4/c1-3-32-21(30)14-20-23(25(31)33-4-2)22(16-10-12-17(26)13-11-16)19(15-27)24(28)29(20)18-8-6-5-7-9-18/h5-14,22-23H,3-4,28H2,1-2H3/b20-14+/t22-,23-/m0/s1. The maximum Gasteiger partial charge on any atom is 0.332 e. The van der Waals surface area contributed by atoms with E-state index in [2.05, 4.69) is 6.07 Å².